The molecule has 1 saturated heterocycles. The summed E-state index contributed by atoms with van der Waals surface area (Å²) in [6.45, 7) is 2.70. The van der Waals surface area contributed by atoms with Crippen LogP contribution >= 0.6 is 11.3 Å². The van der Waals surface area contributed by atoms with Crippen LogP contribution in [0.4, 0.5) is 4.79 Å². The molecule has 0 bridgehead atoms. The number of aromatic nitrogens is 1. The lowest BCUT2D eigenvalue weighted by Crippen LogP contribution is -2.43. The molecule has 1 unspecified atom stereocenters. The Labute approximate surface area is 146 Å². The Balaban J connectivity index is 1.53. The van der Waals surface area contributed by atoms with Crippen molar-refractivity contribution >= 4 is 17.4 Å². The van der Waals surface area contributed by atoms with E-state index in [4.69, 9.17) is 4.74 Å². The fourth-order valence-corrected chi connectivity index (χ4v) is 3.49. The summed E-state index contributed by atoms with van der Waals surface area (Å²) in [6, 6.07) is 5.99. The number of nitrogens with one attached hydrogen (secondary N) is 1. The van der Waals surface area contributed by atoms with Crippen LogP contribution in [0.15, 0.2) is 41.4 Å². The lowest BCUT2D eigenvalue weighted by Gasteiger charge is -2.25. The number of rotatable bonds is 7. The van der Waals surface area contributed by atoms with Crippen molar-refractivity contribution in [3.05, 3.63) is 52.5 Å². The number of nitrogens with zero attached hydrogens (tertiary/aromatic N) is 2. The van der Waals surface area contributed by atoms with Crippen LogP contribution in [-0.4, -0.2) is 41.7 Å². The molecule has 0 radical (unpaired) electrons. The second-order valence-corrected chi connectivity index (χ2v) is 6.76. The van der Waals surface area contributed by atoms with Gasteiger partial charge in [0.15, 0.2) is 0 Å². The second-order valence-electron chi connectivity index (χ2n) is 5.98. The number of thiophene rings is 1. The van der Waals surface area contributed by atoms with Gasteiger partial charge in [-0.15, -0.1) is 0 Å². The maximum Gasteiger partial charge on any atom is 0.317 e. The molecule has 2 amide bonds. The molecule has 3 rings (SSSR count). The Bertz CT molecular complexity index is 612. The quantitative estimate of drug-likeness (QED) is 0.839. The molecule has 5 nitrogen and oxygen atoms in total. The first-order valence-corrected chi connectivity index (χ1v) is 9.30. The second kappa shape index (κ2) is 8.80. The highest BCUT2D eigenvalue weighted by Gasteiger charge is 2.22. The van der Waals surface area contributed by atoms with Gasteiger partial charge in [-0.05, 0) is 59.3 Å². The number of pyridine rings is 1. The van der Waals surface area contributed by atoms with E-state index in [1.165, 1.54) is 11.1 Å². The monoisotopic (exact) mass is 345 g/mol. The van der Waals surface area contributed by atoms with Gasteiger partial charge in [-0.25, -0.2) is 4.79 Å². The number of urea groups is 1. The molecule has 128 valence electrons. The number of carbonyl (C=O) groups excluding carboxylic acids is 1. The maximum atomic E-state index is 12.6. The van der Waals surface area contributed by atoms with Gasteiger partial charge in [-0.1, -0.05) is 0 Å². The Morgan fingerprint density at radius 1 is 1.33 bits per heavy atom. The molecule has 1 atom stereocenters. The number of ether oxygens (including phenoxy) is 1. The first kappa shape index (κ1) is 16.9. The SMILES string of the molecule is O=C(NCCc1ccncc1)N(Cc1ccsc1)CC1CCCO1. The van der Waals surface area contributed by atoms with Crippen molar-refractivity contribution in [2.24, 2.45) is 0 Å². The summed E-state index contributed by atoms with van der Waals surface area (Å²) in [5, 5.41) is 7.16. The van der Waals surface area contributed by atoms with E-state index in [9.17, 15) is 4.79 Å². The van der Waals surface area contributed by atoms with Crippen LogP contribution in [0.2, 0.25) is 0 Å². The van der Waals surface area contributed by atoms with Gasteiger partial charge in [-0.2, -0.15) is 11.3 Å². The third-order valence-corrected chi connectivity index (χ3v) is 4.86. The molecule has 0 aliphatic carbocycles. The van der Waals surface area contributed by atoms with Crippen LogP contribution < -0.4 is 5.32 Å². The van der Waals surface area contributed by atoms with Crippen molar-refractivity contribution in [3.63, 3.8) is 0 Å². The van der Waals surface area contributed by atoms with E-state index >= 15 is 0 Å². The molecule has 1 aliphatic heterocycles. The van der Waals surface area contributed by atoms with E-state index in [2.05, 4.69) is 21.7 Å². The highest BCUT2D eigenvalue weighted by Crippen LogP contribution is 2.16. The van der Waals surface area contributed by atoms with Crippen molar-refractivity contribution in [3.8, 4) is 0 Å². The molecule has 3 heterocycles. The smallest absolute Gasteiger partial charge is 0.317 e. The van der Waals surface area contributed by atoms with E-state index < -0.39 is 0 Å². The average Bonchev–Trinajstić information content (AvgIpc) is 3.29. The molecule has 2 aromatic rings. The molecular formula is C18H23N3O2S. The van der Waals surface area contributed by atoms with Crippen LogP contribution in [0.3, 0.4) is 0 Å². The Kier molecular flexibility index (Phi) is 6.20. The molecular weight excluding hydrogens is 322 g/mol. The first-order chi connectivity index (χ1) is 11.8. The van der Waals surface area contributed by atoms with Crippen molar-refractivity contribution in [2.75, 3.05) is 19.7 Å². The molecule has 24 heavy (non-hydrogen) atoms. The summed E-state index contributed by atoms with van der Waals surface area (Å²) < 4.78 is 5.70. The number of carbonyl (C=O) groups is 1. The van der Waals surface area contributed by atoms with Crippen molar-refractivity contribution in [1.29, 1.82) is 0 Å². The third-order valence-electron chi connectivity index (χ3n) is 4.13. The number of hydrogen-bond donors (Lipinski definition) is 1. The van der Waals surface area contributed by atoms with E-state index in [0.717, 1.165) is 25.9 Å². The van der Waals surface area contributed by atoms with Gasteiger partial charge < -0.3 is 15.0 Å². The van der Waals surface area contributed by atoms with Crippen LogP contribution in [0.25, 0.3) is 0 Å². The minimum Gasteiger partial charge on any atom is -0.376 e. The zero-order valence-corrected chi connectivity index (χ0v) is 14.5. The molecule has 0 aromatic carbocycles. The minimum absolute atomic E-state index is 0.0224. The van der Waals surface area contributed by atoms with Gasteiger partial charge in [0, 0.05) is 38.6 Å². The summed E-state index contributed by atoms with van der Waals surface area (Å²) in [7, 11) is 0. The van der Waals surface area contributed by atoms with Gasteiger partial charge in [0.1, 0.15) is 0 Å². The normalized spacial score (nSPS) is 16.9. The van der Waals surface area contributed by atoms with Crippen molar-refractivity contribution in [2.45, 2.75) is 31.9 Å². The average molecular weight is 345 g/mol. The Morgan fingerprint density at radius 3 is 2.92 bits per heavy atom. The maximum absolute atomic E-state index is 12.6. The molecule has 0 spiro atoms. The molecule has 1 N–H and O–H groups in total. The van der Waals surface area contributed by atoms with Crippen molar-refractivity contribution in [1.82, 2.24) is 15.2 Å². The van der Waals surface area contributed by atoms with Gasteiger partial charge in [0.05, 0.1) is 6.10 Å². The van der Waals surface area contributed by atoms with Crippen LogP contribution in [0.5, 0.6) is 0 Å². The standard InChI is InChI=1S/C18H23N3O2S/c22-18(20-9-5-15-3-7-19-8-4-15)21(12-16-6-11-24-14-16)13-17-2-1-10-23-17/h3-4,6-8,11,14,17H,1-2,5,9-10,12-13H2,(H,20,22). The number of amides is 2. The van der Waals surface area contributed by atoms with Gasteiger partial charge >= 0.3 is 6.03 Å². The Morgan fingerprint density at radius 2 is 2.21 bits per heavy atom. The molecule has 2 aromatic heterocycles. The lowest BCUT2D eigenvalue weighted by molar-refractivity contribution is 0.0795. The lowest BCUT2D eigenvalue weighted by atomic mass is 10.2. The first-order valence-electron chi connectivity index (χ1n) is 8.35. The summed E-state index contributed by atoms with van der Waals surface area (Å²) in [5.74, 6) is 0. The zero-order chi connectivity index (χ0) is 16.6. The largest absolute Gasteiger partial charge is 0.376 e. The highest BCUT2D eigenvalue weighted by molar-refractivity contribution is 7.07. The third kappa shape index (κ3) is 5.04. The van der Waals surface area contributed by atoms with E-state index in [0.29, 0.717) is 19.6 Å². The van der Waals surface area contributed by atoms with Crippen LogP contribution in [-0.2, 0) is 17.7 Å². The zero-order valence-electron chi connectivity index (χ0n) is 13.7. The van der Waals surface area contributed by atoms with Crippen molar-refractivity contribution < 1.29 is 9.53 Å². The van der Waals surface area contributed by atoms with E-state index in [1.807, 2.05) is 22.4 Å². The summed E-state index contributed by atoms with van der Waals surface area (Å²) >= 11 is 1.66. The number of hydrogen-bond acceptors (Lipinski definition) is 4. The molecule has 6 heteroatoms. The minimum atomic E-state index is -0.0224. The van der Waals surface area contributed by atoms with Gasteiger partial charge in [-0.3, -0.25) is 4.98 Å². The summed E-state index contributed by atoms with van der Waals surface area (Å²) in [5.41, 5.74) is 2.34. The molecule has 1 aliphatic rings. The van der Waals surface area contributed by atoms with Gasteiger partial charge in [0.25, 0.3) is 0 Å². The predicted octanol–water partition coefficient (Wildman–Crippen LogP) is 3.08. The molecule has 1 fully saturated rings. The fraction of sp³-hybridized carbons (Fsp3) is 0.444. The van der Waals surface area contributed by atoms with E-state index in [1.54, 1.807) is 23.7 Å². The van der Waals surface area contributed by atoms with Gasteiger partial charge in [0.2, 0.25) is 0 Å². The Hall–Kier alpha value is -1.92. The summed E-state index contributed by atoms with van der Waals surface area (Å²) in [4.78, 5) is 18.5. The highest BCUT2D eigenvalue weighted by atomic mass is 32.1. The predicted molar refractivity (Wildman–Crippen MR) is 95.0 cm³/mol. The fourth-order valence-electron chi connectivity index (χ4n) is 2.83. The van der Waals surface area contributed by atoms with Crippen LogP contribution in [0, 0.1) is 0 Å². The summed E-state index contributed by atoms with van der Waals surface area (Å²) in [6.07, 6.45) is 6.63. The van der Waals surface area contributed by atoms with E-state index in [-0.39, 0.29) is 12.1 Å². The molecule has 0 saturated carbocycles. The topological polar surface area (TPSA) is 54.5 Å². The van der Waals surface area contributed by atoms with Crippen LogP contribution in [0.1, 0.15) is 24.0 Å².